The van der Waals surface area contributed by atoms with Gasteiger partial charge in [0.15, 0.2) is 23.0 Å². The van der Waals surface area contributed by atoms with E-state index < -0.39 is 0 Å². The number of hydrogen-bond acceptors (Lipinski definition) is 14. The molecule has 5 aromatic heterocycles. The second kappa shape index (κ2) is 54.8. The lowest BCUT2D eigenvalue weighted by Crippen LogP contribution is -2.34. The van der Waals surface area contributed by atoms with Crippen LogP contribution in [-0.2, 0) is 65.4 Å². The number of ether oxygens (including phenoxy) is 4. The van der Waals surface area contributed by atoms with Crippen molar-refractivity contribution in [2.45, 2.75) is 259 Å². The van der Waals surface area contributed by atoms with Crippen LogP contribution < -0.4 is 18.9 Å². The van der Waals surface area contributed by atoms with Gasteiger partial charge in [-0.25, -0.2) is 46.9 Å². The summed E-state index contributed by atoms with van der Waals surface area (Å²) in [6, 6.07) is 50.9. The first-order valence-corrected chi connectivity index (χ1v) is 54.9. The minimum Gasteiger partial charge on any atom is -0.454 e. The normalized spacial score (nSPS) is 11.8. The maximum absolute atomic E-state index is 13.9. The predicted molar refractivity (Wildman–Crippen MR) is 594 cm³/mol. The zero-order chi connectivity index (χ0) is 108. The molecule has 0 N–H and O–H groups in total. The molecule has 0 bridgehead atoms. The van der Waals surface area contributed by atoms with E-state index in [0.717, 1.165) is 230 Å². The molecule has 17 rings (SSSR count). The van der Waals surface area contributed by atoms with Gasteiger partial charge >= 0.3 is 0 Å². The van der Waals surface area contributed by atoms with Gasteiger partial charge in [0, 0.05) is 107 Å². The molecule has 32 heteroatoms. The number of amides is 5. The SMILES string of the molecule is CCCCCN(Cc1nc2ccc(F)cc2n1CCC)C(=O)c1ccc(C)c(Br)c1.CCCCCN(Cc1nc2ccc(F)cc2n1CCC)C(=O)c1ccc2c(c1)OCO2.CCCCN(Cc1nc2ccc(F)cc2n1CCC)C(=O)c1ccc(C)c(Br)c1.CCCn1c(CN(CC(C)C)C(=O)c2ccc(C)c(Br)c2)nc2ccc(F)cc21.CCCn1c(CN(CCC(C)C)C(=O)c2ccc3c(c2)OCO3)nc2ccc(F)cc21. The van der Waals surface area contributed by atoms with E-state index in [2.05, 4.69) is 131 Å². The summed E-state index contributed by atoms with van der Waals surface area (Å²) in [6.07, 6.45) is 13.4. The van der Waals surface area contributed by atoms with Crippen molar-refractivity contribution in [2.24, 2.45) is 11.8 Å². The van der Waals surface area contributed by atoms with Gasteiger partial charge in [-0.05, 0) is 271 Å². The fraction of sp³-hybridized carbons (Fsp3) is 0.407. The summed E-state index contributed by atoms with van der Waals surface area (Å²) in [5, 5.41) is 0. The molecule has 24 nitrogen and oxygen atoms in total. The molecule has 0 radical (unpaired) electrons. The molecular weight excluding hydrogens is 2110 g/mol. The van der Waals surface area contributed by atoms with E-state index in [9.17, 15) is 45.9 Å². The van der Waals surface area contributed by atoms with Gasteiger partial charge in [-0.2, -0.15) is 0 Å². The largest absolute Gasteiger partial charge is 0.454 e. The number of aryl methyl sites for hydroxylation is 8. The van der Waals surface area contributed by atoms with Crippen LogP contribution in [0, 0.1) is 61.7 Å². The molecule has 0 spiro atoms. The molecule has 0 fully saturated rings. The third-order valence-corrected chi connectivity index (χ3v) is 28.7. The lowest BCUT2D eigenvalue weighted by atomic mass is 10.1. The average Bonchev–Trinajstić information content (AvgIpc) is 1.65. The number of unbranched alkanes of at least 4 members (excludes halogenated alkanes) is 5. The Morgan fingerprint density at radius 2 is 0.540 bits per heavy atom. The fourth-order valence-electron chi connectivity index (χ4n) is 18.2. The topological polar surface area (TPSA) is 228 Å². The van der Waals surface area contributed by atoms with Crippen LogP contribution in [0.25, 0.3) is 55.2 Å². The zero-order valence-electron chi connectivity index (χ0n) is 88.8. The summed E-state index contributed by atoms with van der Waals surface area (Å²) in [6.45, 7) is 40.3. The van der Waals surface area contributed by atoms with E-state index in [1.54, 1.807) is 66.7 Å². The van der Waals surface area contributed by atoms with Crippen molar-refractivity contribution in [1.29, 1.82) is 0 Å². The first kappa shape index (κ1) is 114. The molecule has 0 aliphatic carbocycles. The highest BCUT2D eigenvalue weighted by atomic mass is 79.9. The predicted octanol–water partition coefficient (Wildman–Crippen LogP) is 28.7. The van der Waals surface area contributed by atoms with Crippen LogP contribution >= 0.6 is 47.8 Å². The molecule has 2 aliphatic heterocycles. The molecule has 0 atom stereocenters. The third-order valence-electron chi connectivity index (χ3n) is 26.2. The van der Waals surface area contributed by atoms with E-state index >= 15 is 0 Å². The van der Waals surface area contributed by atoms with Crippen LogP contribution in [0.1, 0.15) is 271 Å². The molecule has 0 saturated carbocycles. The van der Waals surface area contributed by atoms with Gasteiger partial charge < -0.3 is 66.3 Å². The Hall–Kier alpha value is -12.8. The highest BCUT2D eigenvalue weighted by molar-refractivity contribution is 9.11. The van der Waals surface area contributed by atoms with Gasteiger partial charge in [0.05, 0.1) is 87.9 Å². The second-order valence-electron chi connectivity index (χ2n) is 39.0. The summed E-state index contributed by atoms with van der Waals surface area (Å²) >= 11 is 10.6. The summed E-state index contributed by atoms with van der Waals surface area (Å²) in [5.41, 5.74) is 14.0. The maximum atomic E-state index is 13.9. The van der Waals surface area contributed by atoms with Gasteiger partial charge in [0.1, 0.15) is 58.2 Å². The Bertz CT molecular complexity index is 7200. The number of nitrogens with zero attached hydrogens (tertiary/aromatic N) is 15. The molecule has 10 aromatic carbocycles. The van der Waals surface area contributed by atoms with Crippen molar-refractivity contribution in [2.75, 3.05) is 46.3 Å². The zero-order valence-corrected chi connectivity index (χ0v) is 93.6. The van der Waals surface area contributed by atoms with Crippen LogP contribution in [0.3, 0.4) is 0 Å². The van der Waals surface area contributed by atoms with E-state index in [-0.39, 0.29) is 72.2 Å². The minimum atomic E-state index is -0.288. The highest BCUT2D eigenvalue weighted by Crippen LogP contribution is 2.37. The number of fused-ring (bicyclic) bond motifs is 7. The number of imidazole rings is 5. The molecule has 0 unspecified atom stereocenters. The lowest BCUT2D eigenvalue weighted by molar-refractivity contribution is 0.0712. The highest BCUT2D eigenvalue weighted by Gasteiger charge is 2.31. The Kier molecular flexibility index (Phi) is 41.7. The fourth-order valence-corrected chi connectivity index (χ4v) is 19.4. The number of benzene rings is 10. The van der Waals surface area contributed by atoms with E-state index in [1.165, 1.54) is 60.7 Å². The quantitative estimate of drug-likeness (QED) is 0.0256. The molecule has 7 heterocycles. The van der Waals surface area contributed by atoms with Crippen molar-refractivity contribution >= 4 is 132 Å². The van der Waals surface area contributed by atoms with Crippen molar-refractivity contribution in [3.05, 3.63) is 298 Å². The number of hydrogen-bond donors (Lipinski definition) is 0. The second-order valence-corrected chi connectivity index (χ2v) is 41.6. The van der Waals surface area contributed by atoms with E-state index in [1.807, 2.05) is 123 Å². The van der Waals surface area contributed by atoms with Gasteiger partial charge in [-0.1, -0.05) is 181 Å². The van der Waals surface area contributed by atoms with Crippen molar-refractivity contribution in [3.8, 4) is 23.0 Å². The van der Waals surface area contributed by atoms with Crippen LogP contribution in [0.5, 0.6) is 23.0 Å². The summed E-state index contributed by atoms with van der Waals surface area (Å²) in [7, 11) is 0. The standard InChI is InChI=1S/C24H29BrFN3O.2C24H28FN3O3.2C23H27BrFN3O/c1-4-6-7-13-28(24(30)18-9-8-17(3)20(25)14-18)16-23-27-21-11-10-19(26)15-22(21)29(23)12-5-2;1-4-10-28-20-13-18(25)6-7-19(20)26-23(28)14-27(11-9-16(2)3)24(29)17-5-8-21-22(12-17)31-15-30-21;1-3-5-6-12-27(24(29)17-7-10-21-22(13-17)31-16-30-21)15-23-26-19-9-8-18(25)14-20(19)28(23)11-4-2;1-5-10-28-21-12-18(25)8-9-20(21)26-22(28)14-27(13-15(2)3)23(29)17-7-6-16(4)19(24)11-17;1-4-6-12-27(23(29)17-8-7-16(3)19(24)13-17)15-22-26-20-10-9-18(25)14-21(20)28(22)11-5-2/h8-11,14-15H,4-7,12-13,16H2,1-3H3;5-8,12-13,16H,4,9-11,14-15H2,1-3H3;7-10,13-14H,3-6,11-12,15-16H2,1-2H3;6-9,11-12,15H,5,10,13-14H2,1-4H3;7-10,13-14H,4-6,11-12,15H2,1-3H3. The van der Waals surface area contributed by atoms with Gasteiger partial charge in [0.25, 0.3) is 29.5 Å². The number of aromatic nitrogens is 10. The average molecular weight is 2250 g/mol. The number of carbonyl (C=O) groups is 5. The van der Waals surface area contributed by atoms with E-state index in [0.29, 0.717) is 135 Å². The maximum Gasteiger partial charge on any atom is 0.254 e. The smallest absolute Gasteiger partial charge is 0.254 e. The monoisotopic (exact) mass is 2240 g/mol. The van der Waals surface area contributed by atoms with Crippen LogP contribution in [0.2, 0.25) is 0 Å². The molecule has 0 saturated heterocycles. The Morgan fingerprint density at radius 1 is 0.293 bits per heavy atom. The molecular formula is C118H139Br3F5N15O9. The van der Waals surface area contributed by atoms with Crippen LogP contribution in [-0.4, -0.2) is 148 Å². The van der Waals surface area contributed by atoms with Crippen LogP contribution in [0.4, 0.5) is 22.0 Å². The molecule has 2 aliphatic rings. The van der Waals surface area contributed by atoms with Crippen molar-refractivity contribution in [1.82, 2.24) is 72.3 Å². The summed E-state index contributed by atoms with van der Waals surface area (Å²) in [4.78, 5) is 99.6. The third kappa shape index (κ3) is 29.5. The Labute approximate surface area is 901 Å². The first-order valence-electron chi connectivity index (χ1n) is 52.5. The van der Waals surface area contributed by atoms with Gasteiger partial charge in [-0.15, -0.1) is 0 Å². The Balaban J connectivity index is 0.000000156. The van der Waals surface area contributed by atoms with Crippen molar-refractivity contribution < 1.29 is 64.9 Å². The number of carbonyl (C=O) groups excluding carboxylic acids is 5. The van der Waals surface area contributed by atoms with Gasteiger partial charge in [-0.3, -0.25) is 24.0 Å². The summed E-state index contributed by atoms with van der Waals surface area (Å²) < 4.78 is 104. The lowest BCUT2D eigenvalue weighted by Gasteiger charge is -2.25. The van der Waals surface area contributed by atoms with E-state index in [4.69, 9.17) is 43.9 Å². The molecule has 15 aromatic rings. The molecule has 796 valence electrons. The Morgan fingerprint density at radius 3 is 0.800 bits per heavy atom. The minimum absolute atomic E-state index is 0.00640. The molecule has 150 heavy (non-hydrogen) atoms. The first-order chi connectivity index (χ1) is 72.2. The molecule has 5 amide bonds. The summed E-state index contributed by atoms with van der Waals surface area (Å²) in [5.74, 6) is 5.57. The number of rotatable bonds is 41. The van der Waals surface area contributed by atoms with Crippen molar-refractivity contribution in [3.63, 3.8) is 0 Å². The van der Waals surface area contributed by atoms with Crippen LogP contribution in [0.15, 0.2) is 195 Å². The van der Waals surface area contributed by atoms with Gasteiger partial charge in [0.2, 0.25) is 13.6 Å². The number of halogens is 8.